The van der Waals surface area contributed by atoms with E-state index in [-0.39, 0.29) is 6.61 Å². The van der Waals surface area contributed by atoms with Gasteiger partial charge in [0.1, 0.15) is 0 Å². The largest absolute Gasteiger partial charge is 0.394 e. The van der Waals surface area contributed by atoms with Crippen LogP contribution in [-0.4, -0.2) is 24.4 Å². The fourth-order valence-electron chi connectivity index (χ4n) is 9.01. The minimum absolute atomic E-state index is 0.148. The Labute approximate surface area is 192 Å². The van der Waals surface area contributed by atoms with Crippen molar-refractivity contribution in [1.29, 1.82) is 0 Å². The van der Waals surface area contributed by atoms with Crippen molar-refractivity contribution < 1.29 is 9.84 Å². The highest BCUT2D eigenvalue weighted by Crippen LogP contribution is 2.67. The van der Waals surface area contributed by atoms with Crippen LogP contribution in [0.5, 0.6) is 0 Å². The van der Waals surface area contributed by atoms with Crippen molar-refractivity contribution in [2.75, 3.05) is 13.2 Å². The van der Waals surface area contributed by atoms with Crippen LogP contribution in [0.25, 0.3) is 0 Å². The quantitative estimate of drug-likeness (QED) is 0.406. The zero-order valence-corrected chi connectivity index (χ0v) is 21.2. The van der Waals surface area contributed by atoms with Crippen LogP contribution in [0.1, 0.15) is 105 Å². The summed E-state index contributed by atoms with van der Waals surface area (Å²) in [7, 11) is 0. The molecule has 0 saturated heterocycles. The van der Waals surface area contributed by atoms with Crippen LogP contribution < -0.4 is 0 Å². The first-order valence-corrected chi connectivity index (χ1v) is 13.7. The lowest BCUT2D eigenvalue weighted by molar-refractivity contribution is -0.0658. The van der Waals surface area contributed by atoms with Gasteiger partial charge in [0.05, 0.1) is 19.3 Å². The molecule has 0 aromatic carbocycles. The molecule has 31 heavy (non-hydrogen) atoms. The van der Waals surface area contributed by atoms with E-state index in [0.29, 0.717) is 23.5 Å². The number of fused-ring (bicyclic) bond motifs is 5. The van der Waals surface area contributed by atoms with Gasteiger partial charge in [-0.15, -0.1) is 0 Å². The van der Waals surface area contributed by atoms with Crippen molar-refractivity contribution >= 4 is 0 Å². The minimum Gasteiger partial charge on any atom is -0.394 e. The first-order valence-electron chi connectivity index (χ1n) is 13.7. The number of ether oxygens (including phenoxy) is 1. The molecule has 0 aliphatic heterocycles. The number of allylic oxidation sites excluding steroid dienone is 1. The summed E-state index contributed by atoms with van der Waals surface area (Å²) in [4.78, 5) is 0. The Morgan fingerprint density at radius 1 is 1.03 bits per heavy atom. The van der Waals surface area contributed by atoms with E-state index < -0.39 is 0 Å². The summed E-state index contributed by atoms with van der Waals surface area (Å²) >= 11 is 0. The average molecular weight is 431 g/mol. The summed E-state index contributed by atoms with van der Waals surface area (Å²) in [6.45, 7) is 13.3. The molecule has 3 fully saturated rings. The second-order valence-corrected chi connectivity index (χ2v) is 12.7. The standard InChI is InChI=1S/C29H50O2/c1-20(2)7-6-8-21(3)25-11-12-26-24-10-9-22-19-23(31-18-17-30)13-15-28(22,4)27(24)14-16-29(25,26)5/h9,20-21,23-27,30H,6-8,10-19H2,1-5H3/t21-,23-,24-,25+,26-,27-,28-,29+/m0/s1. The van der Waals surface area contributed by atoms with Crippen molar-refractivity contribution in [3.63, 3.8) is 0 Å². The highest BCUT2D eigenvalue weighted by molar-refractivity contribution is 5.25. The second-order valence-electron chi connectivity index (χ2n) is 12.7. The van der Waals surface area contributed by atoms with Gasteiger partial charge >= 0.3 is 0 Å². The van der Waals surface area contributed by atoms with Crippen molar-refractivity contribution in [2.24, 2.45) is 46.3 Å². The van der Waals surface area contributed by atoms with Crippen LogP contribution in [0.3, 0.4) is 0 Å². The minimum atomic E-state index is 0.148. The van der Waals surface area contributed by atoms with Crippen LogP contribution in [0.15, 0.2) is 11.6 Å². The number of rotatable bonds is 8. The first-order chi connectivity index (χ1) is 14.8. The maximum atomic E-state index is 9.14. The molecule has 0 unspecified atom stereocenters. The summed E-state index contributed by atoms with van der Waals surface area (Å²) in [6, 6.07) is 0. The van der Waals surface area contributed by atoms with Gasteiger partial charge in [0.2, 0.25) is 0 Å². The lowest BCUT2D eigenvalue weighted by Crippen LogP contribution is -2.51. The van der Waals surface area contributed by atoms with Gasteiger partial charge in [-0.3, -0.25) is 0 Å². The molecular formula is C29H50O2. The third kappa shape index (κ3) is 4.42. The van der Waals surface area contributed by atoms with E-state index in [1.54, 1.807) is 5.57 Å². The molecule has 0 radical (unpaired) electrons. The number of aliphatic hydroxyl groups excluding tert-OH is 1. The Morgan fingerprint density at radius 2 is 1.84 bits per heavy atom. The predicted octanol–water partition coefficient (Wildman–Crippen LogP) is 7.41. The molecule has 4 aliphatic carbocycles. The smallest absolute Gasteiger partial charge is 0.0701 e. The average Bonchev–Trinajstić information content (AvgIpc) is 3.09. The molecule has 0 heterocycles. The molecule has 178 valence electrons. The van der Waals surface area contributed by atoms with E-state index in [4.69, 9.17) is 9.84 Å². The summed E-state index contributed by atoms with van der Waals surface area (Å²) in [5.41, 5.74) is 2.69. The fraction of sp³-hybridized carbons (Fsp3) is 0.931. The van der Waals surface area contributed by atoms with Gasteiger partial charge in [0.15, 0.2) is 0 Å². The molecule has 0 aromatic heterocycles. The van der Waals surface area contributed by atoms with Crippen molar-refractivity contribution in [2.45, 2.75) is 111 Å². The first kappa shape index (κ1) is 23.8. The highest BCUT2D eigenvalue weighted by atomic mass is 16.5. The normalized spacial score (nSPS) is 43.2. The van der Waals surface area contributed by atoms with Crippen molar-refractivity contribution in [3.05, 3.63) is 11.6 Å². The Morgan fingerprint density at radius 3 is 2.58 bits per heavy atom. The molecule has 0 spiro atoms. The van der Waals surface area contributed by atoms with Gasteiger partial charge in [0, 0.05) is 0 Å². The van der Waals surface area contributed by atoms with E-state index in [9.17, 15) is 0 Å². The fourth-order valence-corrected chi connectivity index (χ4v) is 9.01. The van der Waals surface area contributed by atoms with Crippen LogP contribution in [0.4, 0.5) is 0 Å². The molecule has 1 N–H and O–H groups in total. The van der Waals surface area contributed by atoms with Gasteiger partial charge < -0.3 is 9.84 Å². The third-order valence-corrected chi connectivity index (χ3v) is 10.7. The number of hydrogen-bond acceptors (Lipinski definition) is 2. The number of aliphatic hydroxyl groups is 1. The lowest BCUT2D eigenvalue weighted by atomic mass is 9.47. The SMILES string of the molecule is CC(C)CCC[C@H](C)[C@H]1CC[C@H]2[C@@H]3CC=C4C[C@@H](OCCO)CC[C@]4(C)[C@H]3CC[C@]12C. The molecule has 0 amide bonds. The maximum absolute atomic E-state index is 9.14. The van der Waals surface area contributed by atoms with Gasteiger partial charge in [-0.05, 0) is 97.7 Å². The second kappa shape index (κ2) is 9.49. The molecule has 4 aliphatic rings. The topological polar surface area (TPSA) is 29.5 Å². The van der Waals surface area contributed by atoms with Gasteiger partial charge in [0.25, 0.3) is 0 Å². The molecule has 2 nitrogen and oxygen atoms in total. The Balaban J connectivity index is 1.45. The Kier molecular flexibility index (Phi) is 7.29. The zero-order chi connectivity index (χ0) is 22.2. The van der Waals surface area contributed by atoms with E-state index >= 15 is 0 Å². The van der Waals surface area contributed by atoms with Gasteiger partial charge in [-0.2, -0.15) is 0 Å². The highest BCUT2D eigenvalue weighted by Gasteiger charge is 2.59. The van der Waals surface area contributed by atoms with Gasteiger partial charge in [-0.25, -0.2) is 0 Å². The van der Waals surface area contributed by atoms with Crippen molar-refractivity contribution in [3.8, 4) is 0 Å². The molecule has 8 atom stereocenters. The predicted molar refractivity (Wildman–Crippen MR) is 130 cm³/mol. The summed E-state index contributed by atoms with van der Waals surface area (Å²) in [6.07, 6.45) is 18.0. The molecule has 0 bridgehead atoms. The van der Waals surface area contributed by atoms with Gasteiger partial charge in [-0.1, -0.05) is 65.5 Å². The Bertz CT molecular complexity index is 639. The third-order valence-electron chi connectivity index (χ3n) is 10.7. The van der Waals surface area contributed by atoms with Crippen LogP contribution >= 0.6 is 0 Å². The van der Waals surface area contributed by atoms with E-state index in [1.165, 1.54) is 64.2 Å². The number of hydrogen-bond donors (Lipinski definition) is 1. The molecule has 3 saturated carbocycles. The van der Waals surface area contributed by atoms with E-state index in [1.807, 2.05) is 0 Å². The molecular weight excluding hydrogens is 380 g/mol. The van der Waals surface area contributed by atoms with E-state index in [2.05, 4.69) is 40.7 Å². The summed E-state index contributed by atoms with van der Waals surface area (Å²) in [5, 5.41) is 9.14. The lowest BCUT2D eigenvalue weighted by Gasteiger charge is -2.58. The van der Waals surface area contributed by atoms with Crippen LogP contribution in [0, 0.1) is 46.3 Å². The van der Waals surface area contributed by atoms with Crippen LogP contribution in [-0.2, 0) is 4.74 Å². The van der Waals surface area contributed by atoms with E-state index in [0.717, 1.165) is 41.9 Å². The zero-order valence-electron chi connectivity index (χ0n) is 21.2. The summed E-state index contributed by atoms with van der Waals surface area (Å²) in [5.74, 6) is 5.44. The monoisotopic (exact) mass is 430 g/mol. The summed E-state index contributed by atoms with van der Waals surface area (Å²) < 4.78 is 5.94. The maximum Gasteiger partial charge on any atom is 0.0701 e. The molecule has 0 aromatic rings. The van der Waals surface area contributed by atoms with Crippen molar-refractivity contribution in [1.82, 2.24) is 0 Å². The Hall–Kier alpha value is -0.340. The van der Waals surface area contributed by atoms with Crippen LogP contribution in [0.2, 0.25) is 0 Å². The molecule has 4 rings (SSSR count). The molecule has 2 heteroatoms.